The smallest absolute Gasteiger partial charge is 0.359 e. The Balaban J connectivity index is 1.60. The molecule has 4 rings (SSSR count). The molecule has 0 spiro atoms. The van der Waals surface area contributed by atoms with Gasteiger partial charge in [0.15, 0.2) is 12.3 Å². The fourth-order valence-corrected chi connectivity index (χ4v) is 4.08. The first-order chi connectivity index (χ1) is 16.3. The summed E-state index contributed by atoms with van der Waals surface area (Å²) in [6.07, 6.45) is 0.666. The van der Waals surface area contributed by atoms with Gasteiger partial charge in [0.05, 0.1) is 5.39 Å². The molecular formula is C26H24FN3O4. The molecule has 0 aliphatic rings. The number of esters is 1. The number of carbonyl (C=O) groups excluding carboxylic acids is 2. The molecule has 0 radical (unpaired) electrons. The molecule has 34 heavy (non-hydrogen) atoms. The van der Waals surface area contributed by atoms with Crippen LogP contribution in [0.3, 0.4) is 0 Å². The van der Waals surface area contributed by atoms with Crippen LogP contribution < -0.4 is 5.56 Å². The Morgan fingerprint density at radius 2 is 1.76 bits per heavy atom. The summed E-state index contributed by atoms with van der Waals surface area (Å²) >= 11 is 0. The molecule has 0 fully saturated rings. The SMILES string of the molecule is CCCn1nc(C(=O)OCC(=O)c2cc(C)n(-c3cccc(F)c3)c2C)c2ccccc2c1=O. The van der Waals surface area contributed by atoms with Crippen LogP contribution in [0, 0.1) is 19.7 Å². The van der Waals surface area contributed by atoms with Gasteiger partial charge < -0.3 is 9.30 Å². The summed E-state index contributed by atoms with van der Waals surface area (Å²) < 4.78 is 22.0. The predicted molar refractivity (Wildman–Crippen MR) is 126 cm³/mol. The van der Waals surface area contributed by atoms with Crippen molar-refractivity contribution in [3.63, 3.8) is 0 Å². The van der Waals surface area contributed by atoms with Crippen molar-refractivity contribution in [1.82, 2.24) is 14.3 Å². The van der Waals surface area contributed by atoms with E-state index in [1.54, 1.807) is 54.0 Å². The van der Waals surface area contributed by atoms with E-state index < -0.39 is 18.4 Å². The molecule has 2 aromatic heterocycles. The second kappa shape index (κ2) is 9.43. The Morgan fingerprint density at radius 1 is 1.03 bits per heavy atom. The molecule has 8 heteroatoms. The zero-order valence-electron chi connectivity index (χ0n) is 19.2. The summed E-state index contributed by atoms with van der Waals surface area (Å²) in [5.74, 6) is -1.56. The third-order valence-electron chi connectivity index (χ3n) is 5.63. The van der Waals surface area contributed by atoms with Gasteiger partial charge in [-0.25, -0.2) is 13.9 Å². The molecule has 2 heterocycles. The van der Waals surface area contributed by atoms with Crippen molar-refractivity contribution in [3.8, 4) is 5.69 Å². The van der Waals surface area contributed by atoms with Crippen LogP contribution in [0.5, 0.6) is 0 Å². The first-order valence-electron chi connectivity index (χ1n) is 11.0. The number of hydrogen-bond acceptors (Lipinski definition) is 5. The van der Waals surface area contributed by atoms with Gasteiger partial charge in [0.1, 0.15) is 5.82 Å². The van der Waals surface area contributed by atoms with E-state index in [9.17, 15) is 18.8 Å². The second-order valence-electron chi connectivity index (χ2n) is 8.02. The van der Waals surface area contributed by atoms with Crippen LogP contribution in [0.15, 0.2) is 59.4 Å². The number of ether oxygens (including phenoxy) is 1. The summed E-state index contributed by atoms with van der Waals surface area (Å²) in [4.78, 5) is 38.4. The van der Waals surface area contributed by atoms with Crippen LogP contribution in [0.2, 0.25) is 0 Å². The lowest BCUT2D eigenvalue weighted by molar-refractivity contribution is 0.0468. The Kier molecular flexibility index (Phi) is 6.40. The third-order valence-corrected chi connectivity index (χ3v) is 5.63. The van der Waals surface area contributed by atoms with E-state index in [2.05, 4.69) is 5.10 Å². The fraction of sp³-hybridized carbons (Fsp3) is 0.231. The molecule has 0 unspecified atom stereocenters. The number of ketones is 1. The fourth-order valence-electron chi connectivity index (χ4n) is 4.08. The summed E-state index contributed by atoms with van der Waals surface area (Å²) in [5, 5.41) is 4.94. The largest absolute Gasteiger partial charge is 0.452 e. The number of fused-ring (bicyclic) bond motifs is 1. The molecule has 0 N–H and O–H groups in total. The minimum atomic E-state index is -0.784. The number of aryl methyl sites for hydroxylation is 2. The monoisotopic (exact) mass is 461 g/mol. The number of halogens is 1. The molecule has 0 aliphatic carbocycles. The molecular weight excluding hydrogens is 437 g/mol. The molecule has 2 aromatic carbocycles. The van der Waals surface area contributed by atoms with Crippen molar-refractivity contribution in [2.45, 2.75) is 33.7 Å². The highest BCUT2D eigenvalue weighted by Gasteiger charge is 2.22. The maximum absolute atomic E-state index is 13.7. The first-order valence-corrected chi connectivity index (χ1v) is 11.0. The van der Waals surface area contributed by atoms with Gasteiger partial charge in [-0.1, -0.05) is 31.2 Å². The highest BCUT2D eigenvalue weighted by Crippen LogP contribution is 2.22. The van der Waals surface area contributed by atoms with Crippen LogP contribution >= 0.6 is 0 Å². The standard InChI is InChI=1S/C26H24FN3O4/c1-4-12-29-25(32)21-11-6-5-10-20(21)24(28-29)26(33)34-15-23(31)22-13-16(2)30(17(22)3)19-9-7-8-18(27)14-19/h5-11,13-14H,4,12,15H2,1-3H3. The lowest BCUT2D eigenvalue weighted by Gasteiger charge is -2.11. The molecule has 0 bridgehead atoms. The van der Waals surface area contributed by atoms with Crippen LogP contribution in [0.25, 0.3) is 16.5 Å². The lowest BCUT2D eigenvalue weighted by atomic mass is 10.1. The van der Waals surface area contributed by atoms with Gasteiger partial charge in [-0.15, -0.1) is 0 Å². The topological polar surface area (TPSA) is 83.2 Å². The van der Waals surface area contributed by atoms with Crippen LogP contribution in [-0.4, -0.2) is 32.7 Å². The Labute approximate surface area is 195 Å². The van der Waals surface area contributed by atoms with E-state index in [1.807, 2.05) is 13.8 Å². The van der Waals surface area contributed by atoms with Crippen molar-refractivity contribution >= 4 is 22.5 Å². The van der Waals surface area contributed by atoms with E-state index in [0.29, 0.717) is 40.7 Å². The van der Waals surface area contributed by atoms with Gasteiger partial charge >= 0.3 is 5.97 Å². The number of benzene rings is 2. The average Bonchev–Trinajstić information content (AvgIpc) is 3.13. The van der Waals surface area contributed by atoms with Crippen LogP contribution in [0.4, 0.5) is 4.39 Å². The number of hydrogen-bond donors (Lipinski definition) is 0. The van der Waals surface area contributed by atoms with Crippen molar-refractivity contribution < 1.29 is 18.7 Å². The zero-order chi connectivity index (χ0) is 24.4. The van der Waals surface area contributed by atoms with Gasteiger partial charge in [-0.3, -0.25) is 9.59 Å². The maximum atomic E-state index is 13.7. The summed E-state index contributed by atoms with van der Waals surface area (Å²) in [6, 6.07) is 14.5. The third kappa shape index (κ3) is 4.26. The van der Waals surface area contributed by atoms with Crippen molar-refractivity contribution in [2.24, 2.45) is 0 Å². The Bertz CT molecular complexity index is 1470. The zero-order valence-corrected chi connectivity index (χ0v) is 19.2. The minimum absolute atomic E-state index is 0.0123. The first kappa shape index (κ1) is 23.1. The van der Waals surface area contributed by atoms with Gasteiger partial charge in [0, 0.05) is 34.6 Å². The Hall–Kier alpha value is -4.07. The number of aromatic nitrogens is 3. The summed E-state index contributed by atoms with van der Waals surface area (Å²) in [7, 11) is 0. The molecule has 4 aromatic rings. The minimum Gasteiger partial charge on any atom is -0.452 e. The molecule has 7 nitrogen and oxygen atoms in total. The normalized spacial score (nSPS) is 11.1. The number of Topliss-reactive ketones (excluding diaryl/α,β-unsaturated/α-hetero) is 1. The highest BCUT2D eigenvalue weighted by molar-refractivity contribution is 6.04. The van der Waals surface area contributed by atoms with Crippen molar-refractivity contribution in [3.05, 3.63) is 93.4 Å². The van der Waals surface area contributed by atoms with Crippen molar-refractivity contribution in [2.75, 3.05) is 6.61 Å². The van der Waals surface area contributed by atoms with Gasteiger partial charge in [0.25, 0.3) is 5.56 Å². The van der Waals surface area contributed by atoms with E-state index in [4.69, 9.17) is 4.74 Å². The van der Waals surface area contributed by atoms with Crippen LogP contribution in [0.1, 0.15) is 45.6 Å². The number of rotatable bonds is 7. The van der Waals surface area contributed by atoms with E-state index in [0.717, 1.165) is 5.69 Å². The van der Waals surface area contributed by atoms with E-state index >= 15 is 0 Å². The molecule has 174 valence electrons. The molecule has 0 saturated heterocycles. The summed E-state index contributed by atoms with van der Waals surface area (Å²) in [6.45, 7) is 5.33. The van der Waals surface area contributed by atoms with Crippen molar-refractivity contribution in [1.29, 1.82) is 0 Å². The maximum Gasteiger partial charge on any atom is 0.359 e. The van der Waals surface area contributed by atoms with E-state index in [1.165, 1.54) is 16.8 Å². The predicted octanol–water partition coefficient (Wildman–Crippen LogP) is 4.39. The lowest BCUT2D eigenvalue weighted by Crippen LogP contribution is -2.27. The molecule has 0 saturated carbocycles. The number of nitrogens with zero attached hydrogens (tertiary/aromatic N) is 3. The average molecular weight is 461 g/mol. The van der Waals surface area contributed by atoms with E-state index in [-0.39, 0.29) is 17.1 Å². The number of carbonyl (C=O) groups is 2. The summed E-state index contributed by atoms with van der Waals surface area (Å²) in [5.41, 5.74) is 2.04. The van der Waals surface area contributed by atoms with Gasteiger partial charge in [-0.2, -0.15) is 5.10 Å². The second-order valence-corrected chi connectivity index (χ2v) is 8.02. The van der Waals surface area contributed by atoms with Crippen LogP contribution in [-0.2, 0) is 11.3 Å². The Morgan fingerprint density at radius 3 is 2.47 bits per heavy atom. The quantitative estimate of drug-likeness (QED) is 0.301. The molecule has 0 aliphatic heterocycles. The molecule has 0 atom stereocenters. The highest BCUT2D eigenvalue weighted by atomic mass is 19.1. The van der Waals surface area contributed by atoms with Gasteiger partial charge in [0.2, 0.25) is 5.78 Å². The van der Waals surface area contributed by atoms with Gasteiger partial charge in [-0.05, 0) is 50.6 Å². The molecule has 0 amide bonds.